The molecule has 0 aliphatic heterocycles. The van der Waals surface area contributed by atoms with Gasteiger partial charge in [0.25, 0.3) is 0 Å². The number of ether oxygens (including phenoxy) is 1. The molecule has 0 atom stereocenters. The Morgan fingerprint density at radius 2 is 1.89 bits per heavy atom. The monoisotopic (exact) mass is 358 g/mol. The van der Waals surface area contributed by atoms with Crippen LogP contribution in [-0.2, 0) is 6.42 Å². The van der Waals surface area contributed by atoms with Crippen molar-refractivity contribution >= 4 is 16.9 Å². The molecule has 0 aliphatic carbocycles. The highest BCUT2D eigenvalue weighted by Gasteiger charge is 2.07. The van der Waals surface area contributed by atoms with Crippen molar-refractivity contribution in [3.63, 3.8) is 0 Å². The first-order chi connectivity index (χ1) is 13.2. The minimum absolute atomic E-state index is 0.657. The van der Waals surface area contributed by atoms with Gasteiger partial charge in [-0.3, -0.25) is 0 Å². The fourth-order valence-corrected chi connectivity index (χ4v) is 3.25. The lowest BCUT2D eigenvalue weighted by atomic mass is 10.1. The summed E-state index contributed by atoms with van der Waals surface area (Å²) in [6, 6.07) is 16.3. The number of hydrogen-bond acceptors (Lipinski definition) is 4. The van der Waals surface area contributed by atoms with Crippen LogP contribution in [0.1, 0.15) is 11.3 Å². The molecule has 0 bridgehead atoms. The van der Waals surface area contributed by atoms with E-state index in [4.69, 9.17) is 4.74 Å². The highest BCUT2D eigenvalue weighted by Crippen LogP contribution is 2.24. The van der Waals surface area contributed by atoms with Gasteiger partial charge in [-0.25, -0.2) is 9.97 Å². The molecule has 0 spiro atoms. The number of nitrogens with zero attached hydrogens (tertiary/aromatic N) is 2. The number of hydrogen-bond donors (Lipinski definition) is 2. The number of rotatable bonds is 6. The molecule has 0 radical (unpaired) electrons. The van der Waals surface area contributed by atoms with Crippen LogP contribution in [0.2, 0.25) is 0 Å². The average molecular weight is 358 g/mol. The molecule has 0 fully saturated rings. The summed E-state index contributed by atoms with van der Waals surface area (Å²) < 4.78 is 5.21. The quantitative estimate of drug-likeness (QED) is 0.529. The number of aryl methyl sites for hydroxylation is 1. The second-order valence-corrected chi connectivity index (χ2v) is 6.46. The number of benzene rings is 2. The van der Waals surface area contributed by atoms with Crippen molar-refractivity contribution in [3.8, 4) is 16.9 Å². The van der Waals surface area contributed by atoms with Gasteiger partial charge in [0.15, 0.2) is 0 Å². The Hall–Kier alpha value is -3.34. The summed E-state index contributed by atoms with van der Waals surface area (Å²) in [5, 5.41) is 4.60. The van der Waals surface area contributed by atoms with Gasteiger partial charge in [-0.1, -0.05) is 30.3 Å². The standard InChI is InChI=1S/C22H22N4O/c1-15-20(16-7-9-18(27-2)10-8-16)14-25-22(26-15)23-12-11-17-13-24-21-6-4-3-5-19(17)21/h3-10,13-14,24H,11-12H2,1-2H3,(H,23,25,26). The lowest BCUT2D eigenvalue weighted by Crippen LogP contribution is -2.08. The number of H-pyrrole nitrogens is 1. The van der Waals surface area contributed by atoms with Crippen molar-refractivity contribution in [2.24, 2.45) is 0 Å². The van der Waals surface area contributed by atoms with Gasteiger partial charge in [0, 0.05) is 35.4 Å². The zero-order chi connectivity index (χ0) is 18.6. The second-order valence-electron chi connectivity index (χ2n) is 6.46. The Balaban J connectivity index is 1.43. The van der Waals surface area contributed by atoms with Gasteiger partial charge in [0.1, 0.15) is 5.75 Å². The third-order valence-electron chi connectivity index (χ3n) is 4.73. The molecule has 4 aromatic rings. The third kappa shape index (κ3) is 3.62. The van der Waals surface area contributed by atoms with Crippen LogP contribution in [0.25, 0.3) is 22.0 Å². The Kier molecular flexibility index (Phi) is 4.75. The molecular weight excluding hydrogens is 336 g/mol. The van der Waals surface area contributed by atoms with Crippen molar-refractivity contribution in [3.05, 3.63) is 72.2 Å². The van der Waals surface area contributed by atoms with Crippen LogP contribution >= 0.6 is 0 Å². The Labute approximate surface area is 158 Å². The lowest BCUT2D eigenvalue weighted by Gasteiger charge is -2.09. The summed E-state index contributed by atoms with van der Waals surface area (Å²) in [6.45, 7) is 2.79. The van der Waals surface area contributed by atoms with Crippen LogP contribution < -0.4 is 10.1 Å². The third-order valence-corrected chi connectivity index (χ3v) is 4.73. The molecule has 5 nitrogen and oxygen atoms in total. The number of aromatic nitrogens is 3. The van der Waals surface area contributed by atoms with E-state index in [1.165, 1.54) is 16.5 Å². The molecule has 2 N–H and O–H groups in total. The summed E-state index contributed by atoms with van der Waals surface area (Å²) in [5.41, 5.74) is 5.52. The van der Waals surface area contributed by atoms with Gasteiger partial charge in [-0.15, -0.1) is 0 Å². The molecule has 2 aromatic heterocycles. The maximum absolute atomic E-state index is 5.21. The van der Waals surface area contributed by atoms with Crippen LogP contribution in [0.5, 0.6) is 5.75 Å². The van der Waals surface area contributed by atoms with Crippen molar-refractivity contribution in [1.82, 2.24) is 15.0 Å². The van der Waals surface area contributed by atoms with E-state index in [1.807, 2.05) is 43.5 Å². The van der Waals surface area contributed by atoms with E-state index in [9.17, 15) is 0 Å². The molecule has 0 saturated carbocycles. The SMILES string of the molecule is COc1ccc(-c2cnc(NCCc3c[nH]c4ccccc34)nc2C)cc1. The predicted molar refractivity (Wildman–Crippen MR) is 109 cm³/mol. The Morgan fingerprint density at radius 3 is 2.67 bits per heavy atom. The Bertz CT molecular complexity index is 1050. The van der Waals surface area contributed by atoms with Gasteiger partial charge in [-0.05, 0) is 42.7 Å². The lowest BCUT2D eigenvalue weighted by molar-refractivity contribution is 0.415. The summed E-state index contributed by atoms with van der Waals surface area (Å²) in [6.07, 6.45) is 4.86. The molecule has 0 unspecified atom stereocenters. The topological polar surface area (TPSA) is 62.8 Å². The minimum Gasteiger partial charge on any atom is -0.497 e. The fraction of sp³-hybridized carbons (Fsp3) is 0.182. The molecule has 4 rings (SSSR count). The summed E-state index contributed by atoms with van der Waals surface area (Å²) in [4.78, 5) is 12.4. The zero-order valence-electron chi connectivity index (χ0n) is 15.5. The molecule has 136 valence electrons. The predicted octanol–water partition coefficient (Wildman–Crippen LogP) is 4.60. The van der Waals surface area contributed by atoms with E-state index in [0.717, 1.165) is 35.5 Å². The van der Waals surface area contributed by atoms with E-state index < -0.39 is 0 Å². The van der Waals surface area contributed by atoms with Crippen molar-refractivity contribution in [1.29, 1.82) is 0 Å². The summed E-state index contributed by atoms with van der Waals surface area (Å²) >= 11 is 0. The molecule has 2 aromatic carbocycles. The van der Waals surface area contributed by atoms with Gasteiger partial charge in [-0.2, -0.15) is 0 Å². The van der Waals surface area contributed by atoms with Crippen LogP contribution in [0.3, 0.4) is 0 Å². The van der Waals surface area contributed by atoms with Crippen LogP contribution in [0, 0.1) is 6.92 Å². The number of anilines is 1. The number of para-hydroxylation sites is 1. The first-order valence-electron chi connectivity index (χ1n) is 9.01. The van der Waals surface area contributed by atoms with E-state index in [-0.39, 0.29) is 0 Å². The van der Waals surface area contributed by atoms with Gasteiger partial charge in [0.2, 0.25) is 5.95 Å². The maximum Gasteiger partial charge on any atom is 0.222 e. The summed E-state index contributed by atoms with van der Waals surface area (Å²) in [7, 11) is 1.67. The van der Waals surface area contributed by atoms with Gasteiger partial charge in [0.05, 0.1) is 12.8 Å². The van der Waals surface area contributed by atoms with Crippen molar-refractivity contribution in [2.75, 3.05) is 19.0 Å². The highest BCUT2D eigenvalue weighted by atomic mass is 16.5. The Morgan fingerprint density at radius 1 is 1.07 bits per heavy atom. The maximum atomic E-state index is 5.21. The molecule has 0 aliphatic rings. The van der Waals surface area contributed by atoms with Crippen molar-refractivity contribution < 1.29 is 4.74 Å². The minimum atomic E-state index is 0.657. The molecule has 5 heteroatoms. The zero-order valence-corrected chi connectivity index (χ0v) is 15.5. The molecule has 0 saturated heterocycles. The molecule has 2 heterocycles. The highest BCUT2D eigenvalue weighted by molar-refractivity contribution is 5.83. The number of nitrogens with one attached hydrogen (secondary N) is 2. The number of methoxy groups -OCH3 is 1. The van der Waals surface area contributed by atoms with Crippen LogP contribution in [-0.4, -0.2) is 28.6 Å². The smallest absolute Gasteiger partial charge is 0.222 e. The first-order valence-corrected chi connectivity index (χ1v) is 9.01. The van der Waals surface area contributed by atoms with Gasteiger partial charge >= 0.3 is 0 Å². The van der Waals surface area contributed by atoms with Crippen LogP contribution in [0.4, 0.5) is 5.95 Å². The molecular formula is C22H22N4O. The van der Waals surface area contributed by atoms with E-state index >= 15 is 0 Å². The van der Waals surface area contributed by atoms with Gasteiger partial charge < -0.3 is 15.0 Å². The first kappa shape index (κ1) is 17.1. The van der Waals surface area contributed by atoms with E-state index in [0.29, 0.717) is 5.95 Å². The number of aromatic amines is 1. The number of fused-ring (bicyclic) bond motifs is 1. The average Bonchev–Trinajstić information content (AvgIpc) is 3.12. The van der Waals surface area contributed by atoms with E-state index in [1.54, 1.807) is 7.11 Å². The van der Waals surface area contributed by atoms with Crippen LogP contribution in [0.15, 0.2) is 60.9 Å². The molecule has 27 heavy (non-hydrogen) atoms. The van der Waals surface area contributed by atoms with Crippen molar-refractivity contribution in [2.45, 2.75) is 13.3 Å². The van der Waals surface area contributed by atoms with E-state index in [2.05, 4.69) is 44.7 Å². The normalized spacial score (nSPS) is 10.9. The summed E-state index contributed by atoms with van der Waals surface area (Å²) in [5.74, 6) is 1.50. The fourth-order valence-electron chi connectivity index (χ4n) is 3.25. The second kappa shape index (κ2) is 7.50. The molecule has 0 amide bonds. The largest absolute Gasteiger partial charge is 0.497 e.